The molecule has 3 heterocycles. The van der Waals surface area contributed by atoms with E-state index in [1.807, 2.05) is 38.1 Å². The number of halogens is 1. The number of rotatable bonds is 5. The van der Waals surface area contributed by atoms with Gasteiger partial charge in [0.2, 0.25) is 0 Å². The molecule has 8 nitrogen and oxygen atoms in total. The number of fused-ring (bicyclic) bond motifs is 2. The molecule has 35 heavy (non-hydrogen) atoms. The van der Waals surface area contributed by atoms with Crippen molar-refractivity contribution in [1.82, 2.24) is 9.97 Å². The van der Waals surface area contributed by atoms with Crippen molar-refractivity contribution in [2.24, 2.45) is 0 Å². The van der Waals surface area contributed by atoms with Gasteiger partial charge in [-0.2, -0.15) is 0 Å². The predicted molar refractivity (Wildman–Crippen MR) is 133 cm³/mol. The first-order chi connectivity index (χ1) is 16.7. The molecule has 0 aliphatic carbocycles. The third-order valence-corrected chi connectivity index (χ3v) is 5.99. The fraction of sp³-hybridized carbons (Fsp3) is 0.154. The zero-order chi connectivity index (χ0) is 24.9. The number of anilines is 1. The average Bonchev–Trinajstić information content (AvgIpc) is 3.26. The van der Waals surface area contributed by atoms with E-state index >= 15 is 0 Å². The van der Waals surface area contributed by atoms with Crippen LogP contribution in [0.5, 0.6) is 0 Å². The molecule has 5 aromatic rings. The molecule has 0 aliphatic rings. The Balaban J connectivity index is 1.67. The summed E-state index contributed by atoms with van der Waals surface area (Å²) >= 11 is 5.88. The van der Waals surface area contributed by atoms with Crippen LogP contribution in [0.2, 0.25) is 5.15 Å². The van der Waals surface area contributed by atoms with E-state index < -0.39 is 12.0 Å². The van der Waals surface area contributed by atoms with E-state index in [-0.39, 0.29) is 33.6 Å². The van der Waals surface area contributed by atoms with Crippen molar-refractivity contribution in [3.8, 4) is 11.7 Å². The monoisotopic (exact) mass is 489 g/mol. The second kappa shape index (κ2) is 8.56. The molecule has 176 valence electrons. The van der Waals surface area contributed by atoms with Gasteiger partial charge in [-0.1, -0.05) is 29.8 Å². The van der Waals surface area contributed by atoms with Crippen LogP contribution in [0.4, 0.5) is 5.69 Å². The second-order valence-electron chi connectivity index (χ2n) is 8.30. The van der Waals surface area contributed by atoms with Crippen molar-refractivity contribution in [2.45, 2.75) is 26.8 Å². The fourth-order valence-corrected chi connectivity index (χ4v) is 4.24. The van der Waals surface area contributed by atoms with Gasteiger partial charge in [0.15, 0.2) is 22.5 Å². The van der Waals surface area contributed by atoms with Crippen LogP contribution in [0, 0.1) is 13.8 Å². The third kappa shape index (κ3) is 4.02. The lowest BCUT2D eigenvalue weighted by atomic mass is 9.99. The lowest BCUT2D eigenvalue weighted by Gasteiger charge is -2.19. The molecule has 3 aromatic heterocycles. The first-order valence-corrected chi connectivity index (χ1v) is 11.2. The molecule has 0 saturated heterocycles. The summed E-state index contributed by atoms with van der Waals surface area (Å²) in [5.74, 6) is -0.753. The molecule has 0 bridgehead atoms. The number of carbonyl (C=O) groups is 1. The number of aromatic nitrogens is 2. The molecule has 0 unspecified atom stereocenters. The molecule has 0 fully saturated rings. The number of nitrogens with zero attached hydrogens (tertiary/aromatic N) is 2. The van der Waals surface area contributed by atoms with E-state index in [0.29, 0.717) is 33.2 Å². The number of nitrogens with one attached hydrogen (secondary N) is 1. The molecule has 0 aliphatic heterocycles. The van der Waals surface area contributed by atoms with Crippen molar-refractivity contribution in [3.05, 3.63) is 86.3 Å². The Morgan fingerprint density at radius 3 is 2.60 bits per heavy atom. The Kier molecular flexibility index (Phi) is 5.53. The Labute approximate surface area is 204 Å². The molecule has 5 rings (SSSR count). The summed E-state index contributed by atoms with van der Waals surface area (Å²) in [6.45, 7) is 5.40. The molecule has 0 spiro atoms. The van der Waals surface area contributed by atoms with Crippen molar-refractivity contribution in [2.75, 3.05) is 5.32 Å². The van der Waals surface area contributed by atoms with Crippen LogP contribution in [0.3, 0.4) is 0 Å². The second-order valence-corrected chi connectivity index (χ2v) is 8.69. The topological polar surface area (TPSA) is 118 Å². The molecule has 0 amide bonds. The Hall–Kier alpha value is -4.17. The number of benzene rings is 2. The normalized spacial score (nSPS) is 12.2. The minimum atomic E-state index is -1.21. The molecular weight excluding hydrogens is 470 g/mol. The number of carboxylic acids is 1. The fourth-order valence-electron chi connectivity index (χ4n) is 4.09. The smallest absolute Gasteiger partial charge is 0.356 e. The minimum Gasteiger partial charge on any atom is -0.476 e. The number of para-hydroxylation sites is 2. The van der Waals surface area contributed by atoms with E-state index in [9.17, 15) is 14.7 Å². The van der Waals surface area contributed by atoms with E-state index in [0.717, 1.165) is 5.56 Å². The van der Waals surface area contributed by atoms with Crippen LogP contribution in [0.15, 0.2) is 62.2 Å². The zero-order valence-electron chi connectivity index (χ0n) is 19.0. The summed E-state index contributed by atoms with van der Waals surface area (Å²) < 4.78 is 12.1. The summed E-state index contributed by atoms with van der Waals surface area (Å²) in [6.07, 6.45) is 0. The third-order valence-electron chi connectivity index (χ3n) is 5.78. The molecule has 2 N–H and O–H groups in total. The number of carboxylic acid groups (broad SMARTS) is 1. The molecular formula is C26H20ClN3O5. The van der Waals surface area contributed by atoms with Gasteiger partial charge < -0.3 is 19.3 Å². The molecule has 2 aromatic carbocycles. The standard InChI is InChI=1S/C26H20ClN3O5/c1-12-10-15(14(3)28-18-8-9-20(27)30-21(18)26(32)33)24-16(11-12)22(31)13(2)23(35-24)25-29-17-6-4-5-7-19(17)34-25/h4-11,14,28H,1-3H3,(H,32,33)/t14-/m1/s1. The zero-order valence-corrected chi connectivity index (χ0v) is 19.8. The minimum absolute atomic E-state index is 0.0751. The van der Waals surface area contributed by atoms with Crippen LogP contribution in [-0.2, 0) is 0 Å². The molecule has 1 atom stereocenters. The summed E-state index contributed by atoms with van der Waals surface area (Å²) in [5.41, 5.74) is 3.40. The largest absolute Gasteiger partial charge is 0.476 e. The van der Waals surface area contributed by atoms with Gasteiger partial charge >= 0.3 is 5.97 Å². The van der Waals surface area contributed by atoms with Crippen LogP contribution in [0.25, 0.3) is 33.7 Å². The SMILES string of the molecule is Cc1cc([C@@H](C)Nc2ccc(Cl)nc2C(=O)O)c2oc(-c3nc4ccccc4o3)c(C)c(=O)c2c1. The summed E-state index contributed by atoms with van der Waals surface area (Å²) in [7, 11) is 0. The van der Waals surface area contributed by atoms with Crippen LogP contribution in [-0.4, -0.2) is 21.0 Å². The van der Waals surface area contributed by atoms with Gasteiger partial charge in [0, 0.05) is 11.1 Å². The highest BCUT2D eigenvalue weighted by atomic mass is 35.5. The molecule has 9 heteroatoms. The van der Waals surface area contributed by atoms with E-state index in [1.54, 1.807) is 25.1 Å². The highest BCUT2D eigenvalue weighted by Gasteiger charge is 2.23. The summed E-state index contributed by atoms with van der Waals surface area (Å²) in [5, 5.41) is 13.2. The molecule has 0 radical (unpaired) electrons. The van der Waals surface area contributed by atoms with Crippen molar-refractivity contribution in [1.29, 1.82) is 0 Å². The van der Waals surface area contributed by atoms with Crippen molar-refractivity contribution in [3.63, 3.8) is 0 Å². The van der Waals surface area contributed by atoms with E-state index in [1.165, 1.54) is 6.07 Å². The lowest BCUT2D eigenvalue weighted by Crippen LogP contribution is -2.14. The van der Waals surface area contributed by atoms with Gasteiger partial charge in [-0.05, 0) is 56.7 Å². The Morgan fingerprint density at radius 2 is 1.86 bits per heavy atom. The number of oxazole rings is 1. The lowest BCUT2D eigenvalue weighted by molar-refractivity contribution is 0.0691. The summed E-state index contributed by atoms with van der Waals surface area (Å²) in [6, 6.07) is 13.6. The van der Waals surface area contributed by atoms with Crippen LogP contribution in [0.1, 0.15) is 40.1 Å². The maximum atomic E-state index is 13.4. The number of aryl methyl sites for hydroxylation is 1. The predicted octanol–water partition coefficient (Wildman–Crippen LogP) is 6.14. The Morgan fingerprint density at radius 1 is 1.09 bits per heavy atom. The average molecular weight is 490 g/mol. The highest BCUT2D eigenvalue weighted by molar-refractivity contribution is 6.29. The summed E-state index contributed by atoms with van der Waals surface area (Å²) in [4.78, 5) is 33.4. The van der Waals surface area contributed by atoms with E-state index in [4.69, 9.17) is 20.4 Å². The number of hydrogen-bond acceptors (Lipinski definition) is 7. The highest BCUT2D eigenvalue weighted by Crippen LogP contribution is 2.33. The first kappa shape index (κ1) is 22.6. The van der Waals surface area contributed by atoms with Crippen LogP contribution < -0.4 is 10.7 Å². The van der Waals surface area contributed by atoms with E-state index in [2.05, 4.69) is 15.3 Å². The van der Waals surface area contributed by atoms with Crippen molar-refractivity contribution < 1.29 is 18.7 Å². The maximum Gasteiger partial charge on any atom is 0.356 e. The quantitative estimate of drug-likeness (QED) is 0.283. The van der Waals surface area contributed by atoms with Gasteiger partial charge in [-0.3, -0.25) is 4.79 Å². The maximum absolute atomic E-state index is 13.4. The Bertz CT molecular complexity index is 1660. The number of aromatic carboxylic acids is 1. The van der Waals surface area contributed by atoms with Crippen molar-refractivity contribution >= 4 is 45.3 Å². The van der Waals surface area contributed by atoms with Gasteiger partial charge in [0.1, 0.15) is 16.3 Å². The van der Waals surface area contributed by atoms with Gasteiger partial charge in [0.25, 0.3) is 5.89 Å². The number of pyridine rings is 1. The first-order valence-electron chi connectivity index (χ1n) is 10.8. The molecule has 0 saturated carbocycles. The van der Waals surface area contributed by atoms with Gasteiger partial charge in [0.05, 0.1) is 17.1 Å². The van der Waals surface area contributed by atoms with Gasteiger partial charge in [-0.25, -0.2) is 14.8 Å². The number of hydrogen-bond donors (Lipinski definition) is 2. The van der Waals surface area contributed by atoms with Gasteiger partial charge in [-0.15, -0.1) is 0 Å². The van der Waals surface area contributed by atoms with Crippen LogP contribution >= 0.6 is 11.6 Å².